The topological polar surface area (TPSA) is 55.6 Å². The lowest BCUT2D eigenvalue weighted by Crippen LogP contribution is -2.58. The molecule has 25 heavy (non-hydrogen) atoms. The van der Waals surface area contributed by atoms with Crippen molar-refractivity contribution in [2.75, 3.05) is 11.9 Å². The van der Waals surface area contributed by atoms with E-state index in [9.17, 15) is 10.1 Å². The summed E-state index contributed by atoms with van der Waals surface area (Å²) in [5.74, 6) is 0.664. The number of non-ortho nitro benzene ring substituents is 1. The van der Waals surface area contributed by atoms with Gasteiger partial charge >= 0.3 is 0 Å². The Morgan fingerprint density at radius 1 is 1.16 bits per heavy atom. The van der Waals surface area contributed by atoms with Gasteiger partial charge in [0.1, 0.15) is 5.75 Å². The van der Waals surface area contributed by atoms with Crippen molar-refractivity contribution >= 4 is 17.5 Å². The Labute approximate surface area is 146 Å². The number of nitro benzene ring substituents is 1. The summed E-state index contributed by atoms with van der Waals surface area (Å²) in [6.45, 7) is 6.43. The number of hydrogen-bond donors (Lipinski definition) is 0. The Hall–Kier alpha value is -2.82. The predicted molar refractivity (Wildman–Crippen MR) is 98.1 cm³/mol. The molecule has 1 atom stereocenters. The van der Waals surface area contributed by atoms with E-state index in [0.29, 0.717) is 5.75 Å². The molecular weight excluding hydrogens is 316 g/mol. The van der Waals surface area contributed by atoms with Crippen LogP contribution in [0.1, 0.15) is 30.5 Å². The van der Waals surface area contributed by atoms with Gasteiger partial charge in [-0.1, -0.05) is 12.1 Å². The number of hydrogen-bond acceptors (Lipinski definition) is 4. The zero-order chi connectivity index (χ0) is 18.0. The minimum Gasteiger partial charge on any atom is -0.463 e. The number of rotatable bonds is 1. The van der Waals surface area contributed by atoms with Crippen LogP contribution in [0.3, 0.4) is 0 Å². The van der Waals surface area contributed by atoms with Crippen molar-refractivity contribution in [2.24, 2.45) is 0 Å². The molecule has 5 nitrogen and oxygen atoms in total. The molecule has 5 heteroatoms. The fourth-order valence-corrected chi connectivity index (χ4v) is 4.03. The van der Waals surface area contributed by atoms with Gasteiger partial charge in [-0.05, 0) is 56.2 Å². The Bertz CT molecular complexity index is 933. The molecule has 0 aromatic heterocycles. The standard InChI is InChI=1S/C20H20N2O3/c1-13-5-7-16-17(11-13)21(4)20(19(16,2)3)10-9-14-12-15(22(23)24)6-8-18(14)25-20/h5-12H,1-4H3. The maximum atomic E-state index is 11.0. The second-order valence-corrected chi connectivity index (χ2v) is 7.32. The zero-order valence-electron chi connectivity index (χ0n) is 14.7. The number of likely N-dealkylation sites (N-methyl/N-ethyl adjacent to an activating group) is 1. The van der Waals surface area contributed by atoms with E-state index < -0.39 is 5.72 Å². The van der Waals surface area contributed by atoms with Crippen molar-refractivity contribution in [1.82, 2.24) is 0 Å². The maximum absolute atomic E-state index is 11.0. The van der Waals surface area contributed by atoms with Crippen LogP contribution >= 0.6 is 0 Å². The minimum absolute atomic E-state index is 0.0703. The molecule has 0 saturated heterocycles. The van der Waals surface area contributed by atoms with Crippen molar-refractivity contribution in [3.8, 4) is 5.75 Å². The Morgan fingerprint density at radius 3 is 2.64 bits per heavy atom. The van der Waals surface area contributed by atoms with Crippen LogP contribution in [0.15, 0.2) is 42.5 Å². The van der Waals surface area contributed by atoms with E-state index in [1.165, 1.54) is 17.2 Å². The molecule has 0 N–H and O–H groups in total. The van der Waals surface area contributed by atoms with E-state index in [1.807, 2.05) is 19.2 Å². The fraction of sp³-hybridized carbons (Fsp3) is 0.300. The summed E-state index contributed by atoms with van der Waals surface area (Å²) >= 11 is 0. The lowest BCUT2D eigenvalue weighted by atomic mass is 9.76. The average Bonchev–Trinajstić information content (AvgIpc) is 2.73. The van der Waals surface area contributed by atoms with E-state index in [4.69, 9.17) is 4.74 Å². The van der Waals surface area contributed by atoms with Gasteiger partial charge in [0.25, 0.3) is 5.69 Å². The van der Waals surface area contributed by atoms with Gasteiger partial charge in [-0.25, -0.2) is 0 Å². The van der Waals surface area contributed by atoms with Crippen LogP contribution in [0, 0.1) is 17.0 Å². The molecule has 0 amide bonds. The second kappa shape index (κ2) is 4.85. The van der Waals surface area contributed by atoms with Crippen molar-refractivity contribution in [2.45, 2.75) is 31.9 Å². The molecule has 0 aliphatic carbocycles. The lowest BCUT2D eigenvalue weighted by Gasteiger charge is -2.45. The van der Waals surface area contributed by atoms with E-state index >= 15 is 0 Å². The average molecular weight is 336 g/mol. The first kappa shape index (κ1) is 15.7. The molecule has 0 fully saturated rings. The van der Waals surface area contributed by atoms with Crippen LogP contribution in [-0.2, 0) is 5.41 Å². The van der Waals surface area contributed by atoms with Crippen molar-refractivity contribution < 1.29 is 9.66 Å². The Morgan fingerprint density at radius 2 is 1.92 bits per heavy atom. The third-order valence-electron chi connectivity index (χ3n) is 5.54. The van der Waals surface area contributed by atoms with Gasteiger partial charge in [0.15, 0.2) is 0 Å². The fourth-order valence-electron chi connectivity index (χ4n) is 4.03. The Balaban J connectivity index is 1.84. The maximum Gasteiger partial charge on any atom is 0.270 e. The third kappa shape index (κ3) is 1.95. The summed E-state index contributed by atoms with van der Waals surface area (Å²) in [6, 6.07) is 11.2. The first-order valence-corrected chi connectivity index (χ1v) is 8.28. The minimum atomic E-state index is -0.660. The summed E-state index contributed by atoms with van der Waals surface area (Å²) in [5, 5.41) is 11.0. The first-order chi connectivity index (χ1) is 11.8. The first-order valence-electron chi connectivity index (χ1n) is 8.28. The molecule has 2 aliphatic rings. The highest BCUT2D eigenvalue weighted by Gasteiger charge is 2.57. The normalized spacial score (nSPS) is 22.5. The van der Waals surface area contributed by atoms with Gasteiger partial charge in [-0.3, -0.25) is 10.1 Å². The molecule has 2 aromatic carbocycles. The zero-order valence-corrected chi connectivity index (χ0v) is 14.7. The van der Waals surface area contributed by atoms with E-state index in [-0.39, 0.29) is 16.0 Å². The highest BCUT2D eigenvalue weighted by molar-refractivity contribution is 5.73. The molecular formula is C20H20N2O3. The quantitative estimate of drug-likeness (QED) is 0.571. The van der Waals surface area contributed by atoms with Crippen LogP contribution in [0.4, 0.5) is 11.4 Å². The van der Waals surface area contributed by atoms with E-state index in [0.717, 1.165) is 11.3 Å². The number of nitro groups is 1. The molecule has 0 radical (unpaired) electrons. The van der Waals surface area contributed by atoms with Crippen molar-refractivity contribution in [3.05, 3.63) is 69.3 Å². The lowest BCUT2D eigenvalue weighted by molar-refractivity contribution is -0.384. The number of anilines is 1. The van der Waals surface area contributed by atoms with Crippen molar-refractivity contribution in [1.29, 1.82) is 0 Å². The third-order valence-corrected chi connectivity index (χ3v) is 5.54. The molecule has 2 aliphatic heterocycles. The molecule has 0 bridgehead atoms. The summed E-state index contributed by atoms with van der Waals surface area (Å²) in [4.78, 5) is 12.8. The highest BCUT2D eigenvalue weighted by atomic mass is 16.6. The molecule has 1 spiro atoms. The predicted octanol–water partition coefficient (Wildman–Crippen LogP) is 4.43. The van der Waals surface area contributed by atoms with Crippen LogP contribution in [0.5, 0.6) is 5.75 Å². The van der Waals surface area contributed by atoms with Gasteiger partial charge in [0.05, 0.1) is 10.3 Å². The molecule has 128 valence electrons. The van der Waals surface area contributed by atoms with E-state index in [2.05, 4.69) is 43.9 Å². The molecule has 4 rings (SSSR count). The summed E-state index contributed by atoms with van der Waals surface area (Å²) < 4.78 is 6.48. The highest BCUT2D eigenvalue weighted by Crippen LogP contribution is 2.54. The monoisotopic (exact) mass is 336 g/mol. The summed E-state index contributed by atoms with van der Waals surface area (Å²) in [7, 11) is 2.04. The van der Waals surface area contributed by atoms with Crippen LogP contribution in [0.25, 0.3) is 6.08 Å². The summed E-state index contributed by atoms with van der Waals surface area (Å²) in [5.41, 5.74) is 3.45. The van der Waals surface area contributed by atoms with Gasteiger partial charge < -0.3 is 9.64 Å². The number of aryl methyl sites for hydroxylation is 1. The van der Waals surface area contributed by atoms with Gasteiger partial charge in [0, 0.05) is 30.4 Å². The van der Waals surface area contributed by atoms with Crippen molar-refractivity contribution in [3.63, 3.8) is 0 Å². The number of ether oxygens (including phenoxy) is 1. The molecule has 0 saturated carbocycles. The smallest absolute Gasteiger partial charge is 0.270 e. The number of fused-ring (bicyclic) bond motifs is 2. The van der Waals surface area contributed by atoms with E-state index in [1.54, 1.807) is 12.1 Å². The van der Waals surface area contributed by atoms with Crippen LogP contribution < -0.4 is 9.64 Å². The largest absolute Gasteiger partial charge is 0.463 e. The van der Waals surface area contributed by atoms with Crippen LogP contribution in [-0.4, -0.2) is 17.7 Å². The van der Waals surface area contributed by atoms with Gasteiger partial charge in [0.2, 0.25) is 5.72 Å². The molecule has 2 heterocycles. The van der Waals surface area contributed by atoms with Gasteiger partial charge in [-0.15, -0.1) is 0 Å². The molecule has 1 unspecified atom stereocenters. The SMILES string of the molecule is Cc1ccc2c(c1)N(C)C1(C=Cc3cc([N+](=O)[O-])ccc3O1)C2(C)C. The summed E-state index contributed by atoms with van der Waals surface area (Å²) in [6.07, 6.45) is 3.96. The Kier molecular flexibility index (Phi) is 3.04. The van der Waals surface area contributed by atoms with Crippen LogP contribution in [0.2, 0.25) is 0 Å². The number of nitrogens with zero attached hydrogens (tertiary/aromatic N) is 2. The van der Waals surface area contributed by atoms with Gasteiger partial charge in [-0.2, -0.15) is 0 Å². The molecule has 2 aromatic rings. The second-order valence-electron chi connectivity index (χ2n) is 7.32. The number of benzene rings is 2.